The summed E-state index contributed by atoms with van der Waals surface area (Å²) in [5.74, 6) is -0.471. The minimum Gasteiger partial charge on any atom is -0.379 e. The number of ether oxygens (including phenoxy) is 1. The second-order valence-electron chi connectivity index (χ2n) is 6.62. The van der Waals surface area contributed by atoms with Gasteiger partial charge in [-0.3, -0.25) is 19.8 Å². The summed E-state index contributed by atoms with van der Waals surface area (Å²) in [6.45, 7) is 3.10. The van der Waals surface area contributed by atoms with Crippen LogP contribution in [0.5, 0.6) is 0 Å². The van der Waals surface area contributed by atoms with E-state index in [9.17, 15) is 19.3 Å². The normalized spacial score (nSPS) is 15.8. The van der Waals surface area contributed by atoms with Gasteiger partial charge < -0.3 is 10.1 Å². The van der Waals surface area contributed by atoms with Crippen LogP contribution < -0.4 is 5.32 Å². The zero-order valence-electron chi connectivity index (χ0n) is 15.3. The van der Waals surface area contributed by atoms with Crippen molar-refractivity contribution in [2.24, 2.45) is 0 Å². The van der Waals surface area contributed by atoms with Crippen LogP contribution in [-0.4, -0.2) is 48.6 Å². The molecular weight excluding hydrogens is 365 g/mol. The molecule has 3 rings (SSSR count). The van der Waals surface area contributed by atoms with Crippen molar-refractivity contribution >= 4 is 11.6 Å². The number of amides is 1. The highest BCUT2D eigenvalue weighted by Gasteiger charge is 2.23. The number of benzene rings is 2. The smallest absolute Gasteiger partial charge is 0.269 e. The Morgan fingerprint density at radius 3 is 2.39 bits per heavy atom. The number of morpholine rings is 1. The predicted octanol–water partition coefficient (Wildman–Crippen LogP) is 2.47. The number of nitrogens with zero attached hydrogens (tertiary/aromatic N) is 2. The van der Waals surface area contributed by atoms with Gasteiger partial charge in [0, 0.05) is 31.8 Å². The highest BCUT2D eigenvalue weighted by atomic mass is 19.1. The molecule has 1 unspecified atom stereocenters. The van der Waals surface area contributed by atoms with E-state index in [4.69, 9.17) is 4.74 Å². The third-order valence-corrected chi connectivity index (χ3v) is 4.75. The molecule has 0 saturated carbocycles. The Kier molecular flexibility index (Phi) is 6.67. The van der Waals surface area contributed by atoms with Gasteiger partial charge in [0.1, 0.15) is 5.82 Å². The van der Waals surface area contributed by atoms with Crippen LogP contribution in [0.3, 0.4) is 0 Å². The lowest BCUT2D eigenvalue weighted by Gasteiger charge is -2.35. The van der Waals surface area contributed by atoms with Crippen LogP contribution in [0, 0.1) is 15.9 Å². The highest BCUT2D eigenvalue weighted by molar-refractivity contribution is 5.78. The molecule has 2 aromatic carbocycles. The summed E-state index contributed by atoms with van der Waals surface area (Å²) in [7, 11) is 0. The molecule has 1 fully saturated rings. The summed E-state index contributed by atoms with van der Waals surface area (Å²) in [6.07, 6.45) is 0.136. The van der Waals surface area contributed by atoms with Crippen molar-refractivity contribution in [3.63, 3.8) is 0 Å². The number of carbonyl (C=O) groups excluding carboxylic acids is 1. The average molecular weight is 387 g/mol. The van der Waals surface area contributed by atoms with Gasteiger partial charge in [0.15, 0.2) is 0 Å². The van der Waals surface area contributed by atoms with Gasteiger partial charge in [-0.1, -0.05) is 24.3 Å². The Hall–Kier alpha value is -2.84. The van der Waals surface area contributed by atoms with Crippen LogP contribution >= 0.6 is 0 Å². The topological polar surface area (TPSA) is 84.7 Å². The molecule has 1 heterocycles. The summed E-state index contributed by atoms with van der Waals surface area (Å²) in [5, 5.41) is 13.6. The molecular formula is C20H22FN3O4. The average Bonchev–Trinajstić information content (AvgIpc) is 2.70. The Morgan fingerprint density at radius 1 is 1.14 bits per heavy atom. The maximum atomic E-state index is 13.3. The van der Waals surface area contributed by atoms with E-state index in [1.165, 1.54) is 24.3 Å². The molecule has 0 radical (unpaired) electrons. The molecule has 1 saturated heterocycles. The lowest BCUT2D eigenvalue weighted by Crippen LogP contribution is -2.44. The SMILES string of the molecule is O=C(Cc1ccc([N+](=O)[O-])cc1)NCC(c1ccc(F)cc1)N1CCOCC1. The second kappa shape index (κ2) is 9.38. The minimum atomic E-state index is -0.473. The Balaban J connectivity index is 1.62. The van der Waals surface area contributed by atoms with Crippen LogP contribution in [-0.2, 0) is 16.0 Å². The fraction of sp³-hybridized carbons (Fsp3) is 0.350. The summed E-state index contributed by atoms with van der Waals surface area (Å²) in [6, 6.07) is 12.2. The number of nitro groups is 1. The van der Waals surface area contributed by atoms with Gasteiger partial charge in [0.05, 0.1) is 30.6 Å². The number of rotatable bonds is 7. The zero-order chi connectivity index (χ0) is 19.9. The molecule has 148 valence electrons. The van der Waals surface area contributed by atoms with Gasteiger partial charge >= 0.3 is 0 Å². The Bertz CT molecular complexity index is 805. The number of halogens is 1. The van der Waals surface area contributed by atoms with Gasteiger partial charge in [-0.2, -0.15) is 0 Å². The molecule has 1 atom stereocenters. The summed E-state index contributed by atoms with van der Waals surface area (Å²) >= 11 is 0. The summed E-state index contributed by atoms with van der Waals surface area (Å²) in [4.78, 5) is 24.8. The van der Waals surface area contributed by atoms with Crippen LogP contribution in [0.2, 0.25) is 0 Å². The second-order valence-corrected chi connectivity index (χ2v) is 6.62. The zero-order valence-corrected chi connectivity index (χ0v) is 15.3. The molecule has 0 aliphatic carbocycles. The quantitative estimate of drug-likeness (QED) is 0.583. The van der Waals surface area contributed by atoms with E-state index < -0.39 is 4.92 Å². The number of non-ortho nitro benzene ring substituents is 1. The molecule has 1 aliphatic heterocycles. The molecule has 0 aromatic heterocycles. The predicted molar refractivity (Wildman–Crippen MR) is 101 cm³/mol. The first kappa shape index (κ1) is 19.9. The third-order valence-electron chi connectivity index (χ3n) is 4.75. The van der Waals surface area contributed by atoms with Crippen molar-refractivity contribution < 1.29 is 18.8 Å². The molecule has 1 aliphatic rings. The fourth-order valence-electron chi connectivity index (χ4n) is 3.23. The first-order valence-corrected chi connectivity index (χ1v) is 9.10. The van der Waals surface area contributed by atoms with E-state index in [1.807, 2.05) is 0 Å². The van der Waals surface area contributed by atoms with Crippen molar-refractivity contribution in [3.05, 3.63) is 75.6 Å². The maximum absolute atomic E-state index is 13.3. The Morgan fingerprint density at radius 2 is 1.79 bits per heavy atom. The monoisotopic (exact) mass is 387 g/mol. The molecule has 1 amide bonds. The van der Waals surface area contributed by atoms with Crippen LogP contribution in [0.25, 0.3) is 0 Å². The molecule has 28 heavy (non-hydrogen) atoms. The molecule has 1 N–H and O–H groups in total. The summed E-state index contributed by atoms with van der Waals surface area (Å²) in [5.41, 5.74) is 1.62. The number of carbonyl (C=O) groups is 1. The van der Waals surface area contributed by atoms with Crippen molar-refractivity contribution in [2.45, 2.75) is 12.5 Å². The van der Waals surface area contributed by atoms with E-state index in [0.29, 0.717) is 25.3 Å². The minimum absolute atomic E-state index is 0.00662. The van der Waals surface area contributed by atoms with Crippen molar-refractivity contribution in [2.75, 3.05) is 32.8 Å². The third kappa shape index (κ3) is 5.34. The van der Waals surface area contributed by atoms with Crippen LogP contribution in [0.4, 0.5) is 10.1 Å². The van der Waals surface area contributed by atoms with Crippen molar-refractivity contribution in [3.8, 4) is 0 Å². The van der Waals surface area contributed by atoms with E-state index >= 15 is 0 Å². The fourth-order valence-corrected chi connectivity index (χ4v) is 3.23. The lowest BCUT2D eigenvalue weighted by atomic mass is 10.0. The number of nitrogens with one attached hydrogen (secondary N) is 1. The van der Waals surface area contributed by atoms with Crippen LogP contribution in [0.1, 0.15) is 17.2 Å². The number of nitro benzene ring substituents is 1. The first-order valence-electron chi connectivity index (χ1n) is 9.10. The molecule has 0 bridgehead atoms. The van der Waals surface area contributed by atoms with Gasteiger partial charge in [0.2, 0.25) is 5.91 Å². The first-order chi connectivity index (χ1) is 13.5. The lowest BCUT2D eigenvalue weighted by molar-refractivity contribution is -0.384. The molecule has 7 nitrogen and oxygen atoms in total. The van der Waals surface area contributed by atoms with Gasteiger partial charge in [0.25, 0.3) is 5.69 Å². The molecule has 8 heteroatoms. The molecule has 2 aromatic rings. The largest absolute Gasteiger partial charge is 0.379 e. The van der Waals surface area contributed by atoms with E-state index in [-0.39, 0.29) is 29.9 Å². The number of hydrogen-bond acceptors (Lipinski definition) is 5. The van der Waals surface area contributed by atoms with E-state index in [0.717, 1.165) is 18.7 Å². The Labute approximate surface area is 162 Å². The summed E-state index contributed by atoms with van der Waals surface area (Å²) < 4.78 is 18.7. The van der Waals surface area contributed by atoms with E-state index in [2.05, 4.69) is 10.2 Å². The van der Waals surface area contributed by atoms with Crippen molar-refractivity contribution in [1.29, 1.82) is 0 Å². The van der Waals surface area contributed by atoms with Gasteiger partial charge in [-0.05, 0) is 23.3 Å². The van der Waals surface area contributed by atoms with Crippen LogP contribution in [0.15, 0.2) is 48.5 Å². The number of hydrogen-bond donors (Lipinski definition) is 1. The van der Waals surface area contributed by atoms with Gasteiger partial charge in [-0.15, -0.1) is 0 Å². The van der Waals surface area contributed by atoms with Gasteiger partial charge in [-0.25, -0.2) is 4.39 Å². The van der Waals surface area contributed by atoms with E-state index in [1.54, 1.807) is 24.3 Å². The maximum Gasteiger partial charge on any atom is 0.269 e. The standard InChI is InChI=1S/C20H22FN3O4/c21-17-5-3-16(4-6-17)19(23-9-11-28-12-10-23)14-22-20(25)13-15-1-7-18(8-2-15)24(26)27/h1-8,19H,9-14H2,(H,22,25). The van der Waals surface area contributed by atoms with Crippen molar-refractivity contribution in [1.82, 2.24) is 10.2 Å². The highest BCUT2D eigenvalue weighted by Crippen LogP contribution is 2.22. The molecule has 0 spiro atoms.